The smallest absolute Gasteiger partial charge is 0.213 e. The first-order valence-corrected chi connectivity index (χ1v) is 7.67. The van der Waals surface area contributed by atoms with Gasteiger partial charge in [-0.3, -0.25) is 0 Å². The molecule has 6 nitrogen and oxygen atoms in total. The molecule has 0 fully saturated rings. The fourth-order valence-corrected chi connectivity index (χ4v) is 4.01. The molecule has 108 valence electrons. The summed E-state index contributed by atoms with van der Waals surface area (Å²) in [5, 5.41) is 11.7. The normalized spacial score (nSPS) is 14.8. The maximum absolute atomic E-state index is 12.1. The Balaban J connectivity index is 5.25. The van der Waals surface area contributed by atoms with Crippen LogP contribution >= 0.6 is 0 Å². The van der Waals surface area contributed by atoms with Crippen LogP contribution in [-0.2, 0) is 10.0 Å². The number of sulfonamides is 1. The molecular formula is C11H25N3O3S. The summed E-state index contributed by atoms with van der Waals surface area (Å²) < 4.78 is 26.8. The number of nitrogens with one attached hydrogen (secondary N) is 1. The van der Waals surface area contributed by atoms with Crippen molar-refractivity contribution < 1.29 is 13.6 Å². The average molecular weight is 279 g/mol. The van der Waals surface area contributed by atoms with E-state index in [9.17, 15) is 8.42 Å². The van der Waals surface area contributed by atoms with Gasteiger partial charge in [0, 0.05) is 0 Å². The van der Waals surface area contributed by atoms with Crippen molar-refractivity contribution in [2.24, 2.45) is 16.3 Å². The van der Waals surface area contributed by atoms with Crippen LogP contribution in [-0.4, -0.2) is 30.8 Å². The van der Waals surface area contributed by atoms with E-state index < -0.39 is 15.6 Å². The Morgan fingerprint density at radius 2 is 1.72 bits per heavy atom. The lowest BCUT2D eigenvalue weighted by Crippen LogP contribution is -2.57. The molecule has 0 unspecified atom stereocenters. The standard InChI is InChI=1S/C11H25N3O3S/c1-6-11(7-2,9(12)13-15)14-18(16,17)8-10(3,4)5/h14-15H,6-8H2,1-5H3,(H2,12,13). The highest BCUT2D eigenvalue weighted by atomic mass is 32.2. The predicted octanol–water partition coefficient (Wildman–Crippen LogP) is 1.26. The van der Waals surface area contributed by atoms with Gasteiger partial charge in [0.25, 0.3) is 0 Å². The molecule has 18 heavy (non-hydrogen) atoms. The Hall–Kier alpha value is -0.820. The highest BCUT2D eigenvalue weighted by molar-refractivity contribution is 7.89. The van der Waals surface area contributed by atoms with Crippen molar-refractivity contribution >= 4 is 15.9 Å². The molecule has 0 aromatic carbocycles. The highest BCUT2D eigenvalue weighted by Gasteiger charge is 2.37. The molecule has 0 amide bonds. The summed E-state index contributed by atoms with van der Waals surface area (Å²) in [7, 11) is -3.50. The second-order valence-electron chi connectivity index (χ2n) is 5.70. The van der Waals surface area contributed by atoms with Crippen molar-refractivity contribution in [2.45, 2.75) is 53.0 Å². The number of hydrogen-bond donors (Lipinski definition) is 3. The SMILES string of the molecule is CCC(CC)(NS(=O)(=O)CC(C)(C)C)C(N)=NO. The van der Waals surface area contributed by atoms with E-state index in [0.29, 0.717) is 12.8 Å². The van der Waals surface area contributed by atoms with Gasteiger partial charge in [-0.05, 0) is 18.3 Å². The fraction of sp³-hybridized carbons (Fsp3) is 0.909. The summed E-state index contributed by atoms with van der Waals surface area (Å²) in [6, 6.07) is 0. The predicted molar refractivity (Wildman–Crippen MR) is 73.1 cm³/mol. The topological polar surface area (TPSA) is 105 Å². The zero-order valence-corrected chi connectivity index (χ0v) is 12.6. The summed E-state index contributed by atoms with van der Waals surface area (Å²) >= 11 is 0. The van der Waals surface area contributed by atoms with Gasteiger partial charge in [0.2, 0.25) is 10.0 Å². The summed E-state index contributed by atoms with van der Waals surface area (Å²) in [6.45, 7) is 9.11. The van der Waals surface area contributed by atoms with Crippen LogP contribution in [0.25, 0.3) is 0 Å². The Kier molecular flexibility index (Phi) is 5.61. The van der Waals surface area contributed by atoms with Crippen molar-refractivity contribution in [1.82, 2.24) is 4.72 Å². The van der Waals surface area contributed by atoms with Crippen LogP contribution < -0.4 is 10.5 Å². The molecule has 0 spiro atoms. The molecule has 0 aromatic heterocycles. The first-order valence-electron chi connectivity index (χ1n) is 6.01. The lowest BCUT2D eigenvalue weighted by molar-refractivity contribution is 0.307. The quantitative estimate of drug-likeness (QED) is 0.294. The average Bonchev–Trinajstić information content (AvgIpc) is 2.21. The summed E-state index contributed by atoms with van der Waals surface area (Å²) in [5.41, 5.74) is 4.25. The van der Waals surface area contributed by atoms with Gasteiger partial charge < -0.3 is 10.9 Å². The van der Waals surface area contributed by atoms with Crippen LogP contribution in [0.4, 0.5) is 0 Å². The molecule has 0 bridgehead atoms. The van der Waals surface area contributed by atoms with E-state index in [0.717, 1.165) is 0 Å². The maximum Gasteiger partial charge on any atom is 0.213 e. The minimum atomic E-state index is -3.50. The van der Waals surface area contributed by atoms with Gasteiger partial charge in [-0.2, -0.15) is 0 Å². The molecule has 0 aliphatic carbocycles. The summed E-state index contributed by atoms with van der Waals surface area (Å²) in [5.74, 6) is -0.120. The van der Waals surface area contributed by atoms with Crippen LogP contribution in [0.3, 0.4) is 0 Å². The van der Waals surface area contributed by atoms with Crippen molar-refractivity contribution in [3.8, 4) is 0 Å². The van der Waals surface area contributed by atoms with Crippen LogP contribution in [0.15, 0.2) is 5.16 Å². The monoisotopic (exact) mass is 279 g/mol. The Labute approximate surface area is 110 Å². The number of amidine groups is 1. The van der Waals surface area contributed by atoms with E-state index in [1.54, 1.807) is 13.8 Å². The first kappa shape index (κ1) is 17.2. The third-order valence-corrected chi connectivity index (χ3v) is 4.73. The van der Waals surface area contributed by atoms with Crippen LogP contribution in [0.2, 0.25) is 0 Å². The van der Waals surface area contributed by atoms with Crippen LogP contribution in [0.1, 0.15) is 47.5 Å². The second kappa shape index (κ2) is 5.88. The number of oxime groups is 1. The van der Waals surface area contributed by atoms with Crippen molar-refractivity contribution in [3.63, 3.8) is 0 Å². The fourth-order valence-electron chi connectivity index (χ4n) is 1.81. The molecule has 7 heteroatoms. The first-order chi connectivity index (χ1) is 8.02. The van der Waals surface area contributed by atoms with Crippen molar-refractivity contribution in [1.29, 1.82) is 0 Å². The van der Waals surface area contributed by atoms with Crippen molar-refractivity contribution in [3.05, 3.63) is 0 Å². The maximum atomic E-state index is 12.1. The molecule has 0 saturated carbocycles. The summed E-state index contributed by atoms with van der Waals surface area (Å²) in [6.07, 6.45) is 0.839. The molecule has 0 saturated heterocycles. The minimum absolute atomic E-state index is 0.0134. The third-order valence-electron chi connectivity index (χ3n) is 2.78. The zero-order chi connectivity index (χ0) is 14.6. The minimum Gasteiger partial charge on any atom is -0.409 e. The number of nitrogens with zero attached hydrogens (tertiary/aromatic N) is 1. The number of nitrogens with two attached hydrogens (primary N) is 1. The number of rotatable bonds is 6. The molecule has 0 rings (SSSR count). The van der Waals surface area contributed by atoms with E-state index in [1.807, 2.05) is 20.8 Å². The van der Waals surface area contributed by atoms with Gasteiger partial charge in [-0.15, -0.1) is 0 Å². The van der Waals surface area contributed by atoms with E-state index in [1.165, 1.54) is 0 Å². The van der Waals surface area contributed by atoms with E-state index in [-0.39, 0.29) is 17.0 Å². The lowest BCUT2D eigenvalue weighted by Gasteiger charge is -2.32. The van der Waals surface area contributed by atoms with Gasteiger partial charge >= 0.3 is 0 Å². The third kappa shape index (κ3) is 4.81. The molecule has 0 aliphatic rings. The number of hydrogen-bond acceptors (Lipinski definition) is 4. The summed E-state index contributed by atoms with van der Waals surface area (Å²) in [4.78, 5) is 0. The molecule has 0 aliphatic heterocycles. The Morgan fingerprint density at radius 1 is 1.28 bits per heavy atom. The van der Waals surface area contributed by atoms with E-state index >= 15 is 0 Å². The van der Waals surface area contributed by atoms with E-state index in [2.05, 4.69) is 9.88 Å². The largest absolute Gasteiger partial charge is 0.409 e. The molecule has 0 atom stereocenters. The highest BCUT2D eigenvalue weighted by Crippen LogP contribution is 2.21. The van der Waals surface area contributed by atoms with E-state index in [4.69, 9.17) is 10.9 Å². The lowest BCUT2D eigenvalue weighted by atomic mass is 9.93. The van der Waals surface area contributed by atoms with Gasteiger partial charge in [0.05, 0.1) is 11.3 Å². The van der Waals surface area contributed by atoms with Gasteiger partial charge in [0.15, 0.2) is 5.84 Å². The van der Waals surface area contributed by atoms with Crippen LogP contribution in [0, 0.1) is 5.41 Å². The second-order valence-corrected chi connectivity index (χ2v) is 7.42. The molecular weight excluding hydrogens is 254 g/mol. The molecule has 0 radical (unpaired) electrons. The Bertz CT molecular complexity index is 392. The van der Waals surface area contributed by atoms with Crippen molar-refractivity contribution in [2.75, 3.05) is 5.75 Å². The Morgan fingerprint density at radius 3 is 2.00 bits per heavy atom. The van der Waals surface area contributed by atoms with Crippen LogP contribution in [0.5, 0.6) is 0 Å². The van der Waals surface area contributed by atoms with Gasteiger partial charge in [0.1, 0.15) is 0 Å². The molecule has 4 N–H and O–H groups in total. The molecule has 0 heterocycles. The zero-order valence-electron chi connectivity index (χ0n) is 11.8. The van der Waals surface area contributed by atoms with Gasteiger partial charge in [-0.1, -0.05) is 39.8 Å². The molecule has 0 aromatic rings. The van der Waals surface area contributed by atoms with Gasteiger partial charge in [-0.25, -0.2) is 13.1 Å².